The van der Waals surface area contributed by atoms with Gasteiger partial charge in [0.1, 0.15) is 5.82 Å². The third-order valence-corrected chi connectivity index (χ3v) is 5.32. The van der Waals surface area contributed by atoms with Crippen LogP contribution in [0.5, 0.6) is 0 Å². The average molecular weight is 524 g/mol. The lowest BCUT2D eigenvalue weighted by Crippen LogP contribution is -2.49. The first-order chi connectivity index (χ1) is 14.7. The third kappa shape index (κ3) is 4.71. The minimum atomic E-state index is -0.343. The summed E-state index contributed by atoms with van der Waals surface area (Å²) in [5.41, 5.74) is 1.59. The highest BCUT2D eigenvalue weighted by atomic mass is 127. The van der Waals surface area contributed by atoms with Gasteiger partial charge in [-0.25, -0.2) is 9.40 Å². The Hall–Kier alpha value is -2.31. The first-order valence-electron chi connectivity index (χ1n) is 9.76. The Morgan fingerprint density at radius 3 is 2.80 bits per heavy atom. The van der Waals surface area contributed by atoms with Gasteiger partial charge in [-0.15, -0.1) is 5.10 Å². The van der Waals surface area contributed by atoms with Gasteiger partial charge >= 0.3 is 6.01 Å². The van der Waals surface area contributed by atoms with E-state index < -0.39 is 0 Å². The summed E-state index contributed by atoms with van der Waals surface area (Å²) in [6.45, 7) is 5.74. The van der Waals surface area contributed by atoms with Crippen molar-refractivity contribution < 1.29 is 13.5 Å². The monoisotopic (exact) mass is 524 g/mol. The molecule has 0 atom stereocenters. The number of anilines is 3. The van der Waals surface area contributed by atoms with E-state index in [-0.39, 0.29) is 5.82 Å². The number of rotatable bonds is 7. The summed E-state index contributed by atoms with van der Waals surface area (Å²) in [5.74, 6) is -0.000424. The number of pyridine rings is 1. The van der Waals surface area contributed by atoms with Crippen molar-refractivity contribution in [2.75, 3.05) is 43.2 Å². The Kier molecular flexibility index (Phi) is 6.75. The summed E-state index contributed by atoms with van der Waals surface area (Å²) >= 11 is 2.07. The van der Waals surface area contributed by atoms with E-state index in [9.17, 15) is 4.39 Å². The number of hydrogen-bond acceptors (Lipinski definition) is 8. The van der Waals surface area contributed by atoms with E-state index in [0.29, 0.717) is 42.1 Å². The van der Waals surface area contributed by atoms with Crippen LogP contribution in [-0.4, -0.2) is 53.0 Å². The molecule has 10 heteroatoms. The van der Waals surface area contributed by atoms with E-state index in [1.807, 2.05) is 11.1 Å². The number of hydrazine groups is 1. The molecule has 0 spiro atoms. The highest BCUT2D eigenvalue weighted by Gasteiger charge is 2.24. The number of hydrogen-bond donors (Lipinski definition) is 1. The first kappa shape index (κ1) is 20.9. The zero-order valence-corrected chi connectivity index (χ0v) is 18.7. The summed E-state index contributed by atoms with van der Waals surface area (Å²) in [7, 11) is 0. The Morgan fingerprint density at radius 2 is 2.03 bits per heavy atom. The maximum absolute atomic E-state index is 14.3. The molecular formula is C20H22FIN6O2. The predicted octanol–water partition coefficient (Wildman–Crippen LogP) is 4.08. The van der Waals surface area contributed by atoms with Crippen molar-refractivity contribution in [2.24, 2.45) is 0 Å². The molecule has 8 nitrogen and oxygen atoms in total. The van der Waals surface area contributed by atoms with E-state index in [1.54, 1.807) is 24.5 Å². The summed E-state index contributed by atoms with van der Waals surface area (Å²) in [5, 5.41) is 15.8. The van der Waals surface area contributed by atoms with Gasteiger partial charge in [0.2, 0.25) is 0 Å². The predicted molar refractivity (Wildman–Crippen MR) is 120 cm³/mol. The van der Waals surface area contributed by atoms with Gasteiger partial charge in [0, 0.05) is 29.4 Å². The number of nitrogens with one attached hydrogen (secondary N) is 1. The lowest BCUT2D eigenvalue weighted by Gasteiger charge is -2.35. The normalized spacial score (nSPS) is 14.6. The zero-order chi connectivity index (χ0) is 20.9. The second kappa shape index (κ2) is 9.67. The van der Waals surface area contributed by atoms with Crippen LogP contribution < -0.4 is 10.3 Å². The Bertz CT molecular complexity index is 995. The number of morpholine rings is 1. The second-order valence-electron chi connectivity index (χ2n) is 6.75. The van der Waals surface area contributed by atoms with Crippen molar-refractivity contribution in [3.05, 3.63) is 46.0 Å². The topological polar surface area (TPSA) is 79.6 Å². The number of benzene rings is 1. The van der Waals surface area contributed by atoms with Gasteiger partial charge in [-0.2, -0.15) is 0 Å². The third-order valence-electron chi connectivity index (χ3n) is 4.65. The van der Waals surface area contributed by atoms with Crippen LogP contribution >= 0.6 is 22.6 Å². The molecule has 0 amide bonds. The second-order valence-corrected chi connectivity index (χ2v) is 8.00. The molecule has 0 unspecified atom stereocenters. The van der Waals surface area contributed by atoms with Crippen molar-refractivity contribution >= 4 is 40.0 Å². The Labute approximate surface area is 187 Å². The van der Waals surface area contributed by atoms with E-state index in [2.05, 4.69) is 55.0 Å². The molecule has 0 bridgehead atoms. The minimum absolute atomic E-state index is 0.343. The molecule has 1 aliphatic rings. The van der Waals surface area contributed by atoms with Crippen molar-refractivity contribution in [3.63, 3.8) is 0 Å². The van der Waals surface area contributed by atoms with Crippen molar-refractivity contribution in [1.82, 2.24) is 20.2 Å². The quantitative estimate of drug-likeness (QED) is 0.464. The molecule has 0 aliphatic carbocycles. The van der Waals surface area contributed by atoms with Gasteiger partial charge in [0.05, 0.1) is 36.3 Å². The molecule has 1 aromatic carbocycles. The molecule has 2 aromatic heterocycles. The van der Waals surface area contributed by atoms with Crippen molar-refractivity contribution in [3.8, 4) is 11.5 Å². The molecule has 4 rings (SSSR count). The average Bonchev–Trinajstić information content (AvgIpc) is 3.24. The van der Waals surface area contributed by atoms with E-state index in [0.717, 1.165) is 29.6 Å². The van der Waals surface area contributed by atoms with Gasteiger partial charge in [-0.05, 0) is 53.3 Å². The molecule has 158 valence electrons. The van der Waals surface area contributed by atoms with Gasteiger partial charge in [-0.1, -0.05) is 12.0 Å². The minimum Gasteiger partial charge on any atom is -0.402 e. The maximum Gasteiger partial charge on any atom is 0.333 e. The maximum atomic E-state index is 14.3. The van der Waals surface area contributed by atoms with Crippen LogP contribution in [0.3, 0.4) is 0 Å². The van der Waals surface area contributed by atoms with Crippen LogP contribution in [0.4, 0.5) is 21.8 Å². The van der Waals surface area contributed by atoms with Gasteiger partial charge in [0.15, 0.2) is 0 Å². The van der Waals surface area contributed by atoms with Crippen LogP contribution in [0.1, 0.15) is 13.3 Å². The fourth-order valence-electron chi connectivity index (χ4n) is 3.21. The lowest BCUT2D eigenvalue weighted by molar-refractivity contribution is 0.0291. The molecule has 1 saturated heterocycles. The summed E-state index contributed by atoms with van der Waals surface area (Å²) in [6.07, 6.45) is 4.19. The highest BCUT2D eigenvalue weighted by molar-refractivity contribution is 14.1. The molecular weight excluding hydrogens is 502 g/mol. The number of ether oxygens (including phenoxy) is 1. The van der Waals surface area contributed by atoms with Gasteiger partial charge < -0.3 is 14.5 Å². The summed E-state index contributed by atoms with van der Waals surface area (Å²) in [6, 6.07) is 7.18. The van der Waals surface area contributed by atoms with Crippen LogP contribution in [0.2, 0.25) is 0 Å². The molecule has 30 heavy (non-hydrogen) atoms. The summed E-state index contributed by atoms with van der Waals surface area (Å²) in [4.78, 5) is 4.15. The van der Waals surface area contributed by atoms with Crippen LogP contribution in [0.25, 0.3) is 11.5 Å². The molecule has 0 radical (unpaired) electrons. The molecule has 1 aliphatic heterocycles. The van der Waals surface area contributed by atoms with Crippen molar-refractivity contribution in [2.45, 2.75) is 13.3 Å². The fraction of sp³-hybridized carbons (Fsp3) is 0.350. The van der Waals surface area contributed by atoms with Crippen LogP contribution in [-0.2, 0) is 4.74 Å². The molecule has 1 fully saturated rings. The Morgan fingerprint density at radius 1 is 1.20 bits per heavy atom. The summed E-state index contributed by atoms with van der Waals surface area (Å²) < 4.78 is 26.6. The van der Waals surface area contributed by atoms with Gasteiger partial charge in [-0.3, -0.25) is 9.99 Å². The largest absolute Gasteiger partial charge is 0.402 e. The molecule has 1 N–H and O–H groups in total. The van der Waals surface area contributed by atoms with Gasteiger partial charge in [0.25, 0.3) is 5.89 Å². The highest BCUT2D eigenvalue weighted by Crippen LogP contribution is 2.31. The van der Waals surface area contributed by atoms with E-state index in [4.69, 9.17) is 9.15 Å². The zero-order valence-electron chi connectivity index (χ0n) is 16.5. The standard InChI is InChI=1S/C20H22FIN6O2/c1-2-7-28(27-8-10-29-11-9-27)20-26-25-19(30-20)15-5-6-23-13-18(15)24-17-4-3-14(22)12-16(17)21/h3-6,12-13,24H,2,7-11H2,1H3. The lowest BCUT2D eigenvalue weighted by atomic mass is 10.2. The molecule has 3 heterocycles. The molecule has 3 aromatic rings. The van der Waals surface area contributed by atoms with Crippen LogP contribution in [0.15, 0.2) is 41.1 Å². The number of halogens is 2. The smallest absolute Gasteiger partial charge is 0.333 e. The SMILES string of the molecule is CCCN(c1nnc(-c2ccncc2Nc2ccc(I)cc2F)o1)N1CCOCC1. The fourth-order valence-corrected chi connectivity index (χ4v) is 3.66. The van der Waals surface area contributed by atoms with Crippen LogP contribution in [0, 0.1) is 9.39 Å². The first-order valence-corrected chi connectivity index (χ1v) is 10.8. The number of nitrogens with zero attached hydrogens (tertiary/aromatic N) is 5. The Balaban J connectivity index is 1.61. The van der Waals surface area contributed by atoms with E-state index >= 15 is 0 Å². The van der Waals surface area contributed by atoms with Crippen molar-refractivity contribution in [1.29, 1.82) is 0 Å². The number of aromatic nitrogens is 3. The van der Waals surface area contributed by atoms with E-state index in [1.165, 1.54) is 6.07 Å². The molecule has 0 saturated carbocycles.